The van der Waals surface area contributed by atoms with E-state index in [1.54, 1.807) is 0 Å². The minimum atomic E-state index is 0.114. The second kappa shape index (κ2) is 1.90. The van der Waals surface area contributed by atoms with Crippen LogP contribution in [0.4, 0.5) is 0 Å². The first-order valence-corrected chi connectivity index (χ1v) is 4.43. The van der Waals surface area contributed by atoms with Gasteiger partial charge in [0.15, 0.2) is 0 Å². The number of thiol groups is 1. The van der Waals surface area contributed by atoms with Crippen molar-refractivity contribution < 1.29 is 0 Å². The molecule has 0 fully saturated rings. The summed E-state index contributed by atoms with van der Waals surface area (Å²) in [6.45, 7) is 0. The molecule has 0 spiro atoms. The Balaban J connectivity index is 2.61. The van der Waals surface area contributed by atoms with Gasteiger partial charge in [-0.3, -0.25) is 0 Å². The molecule has 0 aromatic heterocycles. The van der Waals surface area contributed by atoms with Crippen molar-refractivity contribution in [3.05, 3.63) is 20.7 Å². The Kier molecular flexibility index (Phi) is 1.44. The van der Waals surface area contributed by atoms with E-state index in [2.05, 4.69) is 29.6 Å². The summed E-state index contributed by atoms with van der Waals surface area (Å²) in [5, 5.41) is 0. The molecule has 0 saturated heterocycles. The van der Waals surface area contributed by atoms with Crippen LogP contribution in [-0.4, -0.2) is 15.8 Å². The van der Waals surface area contributed by atoms with Crippen molar-refractivity contribution in [3.8, 4) is 0 Å². The van der Waals surface area contributed by atoms with Crippen LogP contribution in [0.2, 0.25) is 0 Å². The maximum atomic E-state index is 4.15. The van der Waals surface area contributed by atoms with Crippen molar-refractivity contribution in [1.82, 2.24) is 0 Å². The van der Waals surface area contributed by atoms with Crippen LogP contribution in [-0.2, 0) is 0 Å². The zero-order valence-electron chi connectivity index (χ0n) is 3.18. The molecule has 6 heavy (non-hydrogen) atoms. The van der Waals surface area contributed by atoms with Gasteiger partial charge in [0.1, 0.15) is 0 Å². The summed E-state index contributed by atoms with van der Waals surface area (Å²) in [5.74, 6) is 0. The Morgan fingerprint density at radius 2 is 2.50 bits per heavy atom. The molecule has 0 aliphatic carbocycles. The van der Waals surface area contributed by atoms with Crippen LogP contribution < -0.4 is 0 Å². The molecular formula is C4H5AsS. The predicted octanol–water partition coefficient (Wildman–Crippen LogP) is 0.721. The van der Waals surface area contributed by atoms with E-state index in [9.17, 15) is 0 Å². The first kappa shape index (κ1) is 4.54. The van der Waals surface area contributed by atoms with E-state index in [4.69, 9.17) is 0 Å². The summed E-state index contributed by atoms with van der Waals surface area (Å²) in [6.07, 6.45) is 4.13. The Morgan fingerprint density at radius 1 is 1.67 bits per heavy atom. The van der Waals surface area contributed by atoms with Gasteiger partial charge in [-0.2, -0.15) is 0 Å². The summed E-state index contributed by atoms with van der Waals surface area (Å²) in [7, 11) is 0. The molecule has 1 aliphatic rings. The van der Waals surface area contributed by atoms with Crippen molar-refractivity contribution in [2.75, 3.05) is 0 Å². The monoisotopic (exact) mass is 160 g/mol. The molecule has 1 atom stereocenters. The number of hydrogen-bond acceptors (Lipinski definition) is 1. The van der Waals surface area contributed by atoms with Gasteiger partial charge in [0.05, 0.1) is 0 Å². The van der Waals surface area contributed by atoms with E-state index in [-0.39, 0.29) is 15.8 Å². The molecule has 0 N–H and O–H groups in total. The normalized spacial score (nSPS) is 22.5. The molecule has 0 saturated carbocycles. The van der Waals surface area contributed by atoms with E-state index in [1.807, 2.05) is 0 Å². The minimum absolute atomic E-state index is 0.114. The SMILES string of the molecule is SC1=CC=C[AsH]1. The summed E-state index contributed by atoms with van der Waals surface area (Å²) in [6, 6.07) is 0. The van der Waals surface area contributed by atoms with Crippen molar-refractivity contribution >= 4 is 28.4 Å². The summed E-state index contributed by atoms with van der Waals surface area (Å²) >= 11 is 4.26. The van der Waals surface area contributed by atoms with Gasteiger partial charge >= 0.3 is 49.1 Å². The molecule has 32 valence electrons. The van der Waals surface area contributed by atoms with E-state index >= 15 is 0 Å². The zero-order valence-corrected chi connectivity index (χ0v) is 6.17. The third-order valence-corrected chi connectivity index (χ3v) is 3.13. The number of hydrogen-bond donors (Lipinski definition) is 1. The third-order valence-electron chi connectivity index (χ3n) is 0.582. The molecule has 1 unspecified atom stereocenters. The average molecular weight is 160 g/mol. The van der Waals surface area contributed by atoms with Gasteiger partial charge in [0.2, 0.25) is 0 Å². The van der Waals surface area contributed by atoms with Gasteiger partial charge in [-0.05, 0) is 0 Å². The van der Waals surface area contributed by atoms with Crippen LogP contribution in [0.1, 0.15) is 0 Å². The summed E-state index contributed by atoms with van der Waals surface area (Å²) in [5.41, 5.74) is 0. The molecule has 0 radical (unpaired) electrons. The molecule has 0 nitrogen and oxygen atoms in total. The van der Waals surface area contributed by atoms with Gasteiger partial charge in [-0.1, -0.05) is 0 Å². The van der Waals surface area contributed by atoms with Crippen molar-refractivity contribution in [1.29, 1.82) is 0 Å². The molecule has 1 rings (SSSR count). The molecule has 0 aromatic rings. The molecule has 0 amide bonds. The summed E-state index contributed by atoms with van der Waals surface area (Å²) in [4.78, 5) is 2.21. The molecule has 1 aliphatic heterocycles. The van der Waals surface area contributed by atoms with Gasteiger partial charge < -0.3 is 0 Å². The topological polar surface area (TPSA) is 0 Å². The van der Waals surface area contributed by atoms with Gasteiger partial charge in [-0.15, -0.1) is 0 Å². The van der Waals surface area contributed by atoms with Gasteiger partial charge in [-0.25, -0.2) is 0 Å². The second-order valence-corrected chi connectivity index (χ2v) is 4.86. The quantitative estimate of drug-likeness (QED) is 0.391. The van der Waals surface area contributed by atoms with Gasteiger partial charge in [0.25, 0.3) is 0 Å². The van der Waals surface area contributed by atoms with Crippen LogP contribution in [0.15, 0.2) is 20.7 Å². The van der Waals surface area contributed by atoms with Crippen LogP contribution in [0.25, 0.3) is 0 Å². The van der Waals surface area contributed by atoms with Crippen LogP contribution in [0.3, 0.4) is 0 Å². The fourth-order valence-corrected chi connectivity index (χ4v) is 1.96. The van der Waals surface area contributed by atoms with E-state index in [0.29, 0.717) is 0 Å². The molecule has 1 heterocycles. The van der Waals surface area contributed by atoms with Crippen LogP contribution in [0, 0.1) is 0 Å². The molecule has 0 aromatic carbocycles. The van der Waals surface area contributed by atoms with E-state index < -0.39 is 0 Å². The van der Waals surface area contributed by atoms with Crippen molar-refractivity contribution in [3.63, 3.8) is 0 Å². The third kappa shape index (κ3) is 0.923. The second-order valence-electron chi connectivity index (χ2n) is 1.06. The fraction of sp³-hybridized carbons (Fsp3) is 0. The first-order chi connectivity index (χ1) is 2.89. The Morgan fingerprint density at radius 3 is 2.67 bits per heavy atom. The Labute approximate surface area is 49.4 Å². The summed E-state index contributed by atoms with van der Waals surface area (Å²) < 4.78 is 1.29. The molecule has 2 heteroatoms. The van der Waals surface area contributed by atoms with E-state index in [0.717, 1.165) is 0 Å². The van der Waals surface area contributed by atoms with Crippen LogP contribution in [0.5, 0.6) is 0 Å². The standard InChI is InChI=1S/C4H5AsS/c6-4-2-1-3-5-4/h1-3,5-6H. The maximum absolute atomic E-state index is 4.15. The van der Waals surface area contributed by atoms with Crippen LogP contribution >= 0.6 is 12.6 Å². The Bertz CT molecular complexity index is 104. The van der Waals surface area contributed by atoms with Gasteiger partial charge in [0, 0.05) is 0 Å². The fourth-order valence-electron chi connectivity index (χ4n) is 0.321. The number of rotatable bonds is 0. The predicted molar refractivity (Wildman–Crippen MR) is 33.4 cm³/mol. The van der Waals surface area contributed by atoms with E-state index in [1.165, 1.54) is 3.69 Å². The van der Waals surface area contributed by atoms with Crippen molar-refractivity contribution in [2.24, 2.45) is 0 Å². The number of allylic oxidation sites excluding steroid dienone is 2. The Hall–Kier alpha value is 0.388. The molecular weight excluding hydrogens is 155 g/mol. The average Bonchev–Trinajstić information content (AvgIpc) is 1.86. The zero-order chi connectivity index (χ0) is 4.41. The molecule has 0 bridgehead atoms. The first-order valence-electron chi connectivity index (χ1n) is 1.72. The van der Waals surface area contributed by atoms with Crippen molar-refractivity contribution in [2.45, 2.75) is 0 Å².